The highest BCUT2D eigenvalue weighted by atomic mass is 32.1. The Kier molecular flexibility index (Phi) is 2.83. The summed E-state index contributed by atoms with van der Waals surface area (Å²) in [7, 11) is 1.67. The van der Waals surface area contributed by atoms with E-state index in [1.165, 1.54) is 15.0 Å². The van der Waals surface area contributed by atoms with E-state index >= 15 is 0 Å². The number of guanidine groups is 1. The number of carbonyl (C=O) groups is 1. The summed E-state index contributed by atoms with van der Waals surface area (Å²) in [5.41, 5.74) is 5.31. The third kappa shape index (κ3) is 1.73. The van der Waals surface area contributed by atoms with Gasteiger partial charge in [-0.05, 0) is 24.4 Å². The summed E-state index contributed by atoms with van der Waals surface area (Å²) < 4.78 is 1.20. The molecule has 0 fully saturated rings. The maximum absolute atomic E-state index is 12.3. The van der Waals surface area contributed by atoms with Gasteiger partial charge in [-0.2, -0.15) is 0 Å². The van der Waals surface area contributed by atoms with Crippen LogP contribution in [-0.4, -0.2) is 23.8 Å². The molecular formula is C15H17N3OS. The molecule has 0 spiro atoms. The molecule has 0 saturated carbocycles. The van der Waals surface area contributed by atoms with Crippen LogP contribution in [0.25, 0.3) is 10.1 Å². The van der Waals surface area contributed by atoms with Crippen molar-refractivity contribution in [2.24, 2.45) is 16.6 Å². The van der Waals surface area contributed by atoms with Gasteiger partial charge in [0.2, 0.25) is 5.91 Å². The third-order valence-electron chi connectivity index (χ3n) is 4.16. The Hall–Kier alpha value is -1.88. The first-order chi connectivity index (χ1) is 9.43. The van der Waals surface area contributed by atoms with Crippen LogP contribution >= 0.6 is 11.3 Å². The van der Waals surface area contributed by atoms with Gasteiger partial charge in [-0.1, -0.05) is 25.1 Å². The number of benzene rings is 1. The predicted octanol–water partition coefficient (Wildman–Crippen LogP) is 2.54. The van der Waals surface area contributed by atoms with Gasteiger partial charge in [-0.15, -0.1) is 11.3 Å². The highest BCUT2D eigenvalue weighted by Crippen LogP contribution is 2.42. The van der Waals surface area contributed by atoms with Crippen molar-refractivity contribution in [3.8, 4) is 0 Å². The molecule has 104 valence electrons. The molecule has 3 rings (SSSR count). The molecule has 1 aliphatic heterocycles. The summed E-state index contributed by atoms with van der Waals surface area (Å²) in [5, 5.41) is 1.18. The summed E-state index contributed by atoms with van der Waals surface area (Å²) in [5.74, 6) is 0.0679. The Morgan fingerprint density at radius 2 is 2.10 bits per heavy atom. The monoisotopic (exact) mass is 287 g/mol. The highest BCUT2D eigenvalue weighted by molar-refractivity contribution is 7.19. The number of thiophene rings is 1. The molecular weight excluding hydrogens is 270 g/mol. The zero-order valence-electron chi connectivity index (χ0n) is 11.8. The van der Waals surface area contributed by atoms with E-state index in [0.717, 1.165) is 4.88 Å². The van der Waals surface area contributed by atoms with E-state index in [-0.39, 0.29) is 17.8 Å². The minimum absolute atomic E-state index is 0.0115. The molecule has 2 aromatic rings. The van der Waals surface area contributed by atoms with Crippen LogP contribution in [0.5, 0.6) is 0 Å². The lowest BCUT2D eigenvalue weighted by atomic mass is 9.83. The average Bonchev–Trinajstić information content (AvgIpc) is 2.87. The molecule has 0 saturated heterocycles. The summed E-state index contributed by atoms with van der Waals surface area (Å²) in [6, 6.07) is 10.3. The summed E-state index contributed by atoms with van der Waals surface area (Å²) in [6.45, 7) is 3.90. The maximum Gasteiger partial charge on any atom is 0.234 e. The van der Waals surface area contributed by atoms with Gasteiger partial charge in [0.05, 0.1) is 5.92 Å². The Morgan fingerprint density at radius 3 is 2.80 bits per heavy atom. The number of hydrogen-bond donors (Lipinski definition) is 1. The number of aliphatic imine (C=N–C) groups is 1. The van der Waals surface area contributed by atoms with Crippen LogP contribution in [0.3, 0.4) is 0 Å². The van der Waals surface area contributed by atoms with Gasteiger partial charge in [-0.3, -0.25) is 9.69 Å². The zero-order valence-corrected chi connectivity index (χ0v) is 12.6. The molecule has 0 aliphatic carbocycles. The number of rotatable bonds is 1. The molecule has 1 aliphatic rings. The second-order valence-corrected chi connectivity index (χ2v) is 6.47. The Bertz CT molecular complexity index is 688. The minimum Gasteiger partial charge on any atom is -0.369 e. The number of amides is 1. The van der Waals surface area contributed by atoms with Gasteiger partial charge in [0, 0.05) is 16.6 Å². The van der Waals surface area contributed by atoms with Crippen LogP contribution in [0.4, 0.5) is 0 Å². The zero-order chi connectivity index (χ0) is 14.5. The summed E-state index contributed by atoms with van der Waals surface area (Å²) in [6.07, 6.45) is 0. The second kappa shape index (κ2) is 4.31. The summed E-state index contributed by atoms with van der Waals surface area (Å²) >= 11 is 1.68. The van der Waals surface area contributed by atoms with E-state index in [9.17, 15) is 4.79 Å². The van der Waals surface area contributed by atoms with Gasteiger partial charge < -0.3 is 5.73 Å². The van der Waals surface area contributed by atoms with Crippen LogP contribution in [0.1, 0.15) is 18.7 Å². The molecule has 4 nitrogen and oxygen atoms in total. The van der Waals surface area contributed by atoms with Crippen molar-refractivity contribution in [2.45, 2.75) is 19.4 Å². The lowest BCUT2D eigenvalue weighted by Crippen LogP contribution is -2.52. The Balaban J connectivity index is 2.18. The molecule has 1 aromatic carbocycles. The van der Waals surface area contributed by atoms with E-state index in [2.05, 4.69) is 23.2 Å². The number of fused-ring (bicyclic) bond motifs is 1. The van der Waals surface area contributed by atoms with Gasteiger partial charge in [0.25, 0.3) is 0 Å². The lowest BCUT2D eigenvalue weighted by Gasteiger charge is -2.37. The van der Waals surface area contributed by atoms with Gasteiger partial charge >= 0.3 is 0 Å². The highest BCUT2D eigenvalue weighted by Gasteiger charge is 2.44. The summed E-state index contributed by atoms with van der Waals surface area (Å²) in [4.78, 5) is 19.4. The number of nitrogens with two attached hydrogens (primary N) is 1. The molecule has 2 heterocycles. The topological polar surface area (TPSA) is 58.7 Å². The van der Waals surface area contributed by atoms with E-state index in [0.29, 0.717) is 0 Å². The predicted molar refractivity (Wildman–Crippen MR) is 82.7 cm³/mol. The van der Waals surface area contributed by atoms with Crippen molar-refractivity contribution in [3.63, 3.8) is 0 Å². The molecule has 20 heavy (non-hydrogen) atoms. The first-order valence-corrected chi connectivity index (χ1v) is 7.37. The fraction of sp³-hybridized carbons (Fsp3) is 0.333. The van der Waals surface area contributed by atoms with E-state index in [1.807, 2.05) is 26.0 Å². The largest absolute Gasteiger partial charge is 0.369 e. The fourth-order valence-electron chi connectivity index (χ4n) is 2.55. The van der Waals surface area contributed by atoms with Crippen molar-refractivity contribution in [1.29, 1.82) is 0 Å². The molecule has 5 heteroatoms. The average molecular weight is 287 g/mol. The van der Waals surface area contributed by atoms with Crippen LogP contribution < -0.4 is 5.73 Å². The van der Waals surface area contributed by atoms with Crippen molar-refractivity contribution in [2.75, 3.05) is 7.05 Å². The maximum atomic E-state index is 12.3. The molecule has 0 bridgehead atoms. The molecule has 1 aromatic heterocycles. The van der Waals surface area contributed by atoms with Gasteiger partial charge in [0.1, 0.15) is 5.54 Å². The lowest BCUT2D eigenvalue weighted by molar-refractivity contribution is -0.133. The van der Waals surface area contributed by atoms with Gasteiger partial charge in [-0.25, -0.2) is 4.99 Å². The SMILES string of the molecule is C[C@H]1C(=O)N(C)C(N)=NC1(C)c1cc2ccccc2s1. The molecule has 1 unspecified atom stereocenters. The minimum atomic E-state index is -0.586. The Morgan fingerprint density at radius 1 is 1.40 bits per heavy atom. The van der Waals surface area contributed by atoms with Crippen LogP contribution in [0.2, 0.25) is 0 Å². The number of hydrogen-bond acceptors (Lipinski definition) is 4. The third-order valence-corrected chi connectivity index (χ3v) is 5.50. The van der Waals surface area contributed by atoms with Gasteiger partial charge in [0.15, 0.2) is 5.96 Å². The van der Waals surface area contributed by atoms with E-state index in [4.69, 9.17) is 5.73 Å². The van der Waals surface area contributed by atoms with Crippen molar-refractivity contribution in [1.82, 2.24) is 4.90 Å². The van der Waals surface area contributed by atoms with Crippen molar-refractivity contribution < 1.29 is 4.79 Å². The Labute approximate surface area is 121 Å². The standard InChI is InChI=1S/C15H17N3OS/c1-9-13(19)18(3)14(16)17-15(9,2)12-8-10-6-4-5-7-11(10)20-12/h4-9H,1-3H3,(H2,16,17)/t9-,15?/m0/s1. The molecule has 2 atom stereocenters. The first kappa shape index (κ1) is 13.1. The van der Waals surface area contributed by atoms with Crippen molar-refractivity contribution >= 4 is 33.3 Å². The van der Waals surface area contributed by atoms with Crippen LogP contribution in [0, 0.1) is 5.92 Å². The van der Waals surface area contributed by atoms with Crippen molar-refractivity contribution in [3.05, 3.63) is 35.2 Å². The first-order valence-electron chi connectivity index (χ1n) is 6.55. The smallest absolute Gasteiger partial charge is 0.234 e. The number of nitrogens with zero attached hydrogens (tertiary/aromatic N) is 2. The molecule has 0 radical (unpaired) electrons. The van der Waals surface area contributed by atoms with Crippen LogP contribution in [-0.2, 0) is 10.3 Å². The normalized spacial score (nSPS) is 26.9. The quantitative estimate of drug-likeness (QED) is 0.876. The molecule has 1 amide bonds. The number of carbonyl (C=O) groups excluding carboxylic acids is 1. The fourth-order valence-corrected chi connectivity index (χ4v) is 3.80. The van der Waals surface area contributed by atoms with E-state index in [1.54, 1.807) is 18.4 Å². The van der Waals surface area contributed by atoms with Crippen LogP contribution in [0.15, 0.2) is 35.3 Å². The molecule has 2 N–H and O–H groups in total. The van der Waals surface area contributed by atoms with E-state index < -0.39 is 5.54 Å². The second-order valence-electron chi connectivity index (χ2n) is 5.38.